The lowest BCUT2D eigenvalue weighted by molar-refractivity contribution is 0.0781. The number of carbonyl (C=O) groups excluding carboxylic acids is 1. The van der Waals surface area contributed by atoms with Crippen LogP contribution in [0.4, 0.5) is 0 Å². The van der Waals surface area contributed by atoms with Gasteiger partial charge < -0.3 is 10.2 Å². The summed E-state index contributed by atoms with van der Waals surface area (Å²) in [7, 11) is 3.66. The summed E-state index contributed by atoms with van der Waals surface area (Å²) in [5, 5.41) is 13.0. The second-order valence-corrected chi connectivity index (χ2v) is 8.32. The van der Waals surface area contributed by atoms with Gasteiger partial charge in [0, 0.05) is 54.5 Å². The summed E-state index contributed by atoms with van der Waals surface area (Å²) in [5.41, 5.74) is 3.75. The average Bonchev–Trinajstić information content (AvgIpc) is 3.43. The van der Waals surface area contributed by atoms with Crippen molar-refractivity contribution in [3.8, 4) is 11.4 Å². The van der Waals surface area contributed by atoms with Gasteiger partial charge in [-0.05, 0) is 39.1 Å². The fraction of sp³-hybridized carbons (Fsp3) is 0.348. The lowest BCUT2D eigenvalue weighted by Crippen LogP contribution is -2.27. The molecule has 4 rings (SSSR count). The highest BCUT2D eigenvalue weighted by Gasteiger charge is 2.21. The van der Waals surface area contributed by atoms with E-state index in [1.165, 1.54) is 0 Å². The van der Waals surface area contributed by atoms with Gasteiger partial charge in [-0.3, -0.25) is 14.2 Å². The number of amides is 1. The van der Waals surface area contributed by atoms with Crippen molar-refractivity contribution >= 4 is 28.4 Å². The molecule has 3 aromatic heterocycles. The lowest BCUT2D eigenvalue weighted by atomic mass is 10.1. The first kappa shape index (κ1) is 22.9. The van der Waals surface area contributed by atoms with Crippen LogP contribution in [0.15, 0.2) is 36.8 Å². The van der Waals surface area contributed by atoms with Gasteiger partial charge in [-0.25, -0.2) is 9.97 Å². The maximum atomic E-state index is 13.5. The standard InChI is InChI=1S/C23H27ClN8O/c1-5-32-15(2)16(11-27-32)13-30(4)23(33)21-19-10-18(24)6-7-20(19)28-22(29-21)17-12-26-31(14-17)9-8-25-3/h6-7,10-12,14,25H,5,8-9,13H2,1-4H3. The van der Waals surface area contributed by atoms with E-state index in [9.17, 15) is 4.79 Å². The molecule has 0 spiro atoms. The molecule has 1 N–H and O–H groups in total. The molecule has 33 heavy (non-hydrogen) atoms. The first-order valence-corrected chi connectivity index (χ1v) is 11.2. The minimum atomic E-state index is -0.211. The van der Waals surface area contributed by atoms with Crippen molar-refractivity contribution in [1.82, 2.24) is 39.7 Å². The van der Waals surface area contributed by atoms with E-state index in [0.29, 0.717) is 34.0 Å². The molecular formula is C23H27ClN8O. The van der Waals surface area contributed by atoms with Gasteiger partial charge in [0.25, 0.3) is 5.91 Å². The number of likely N-dealkylation sites (N-methyl/N-ethyl adjacent to an activating group) is 1. The van der Waals surface area contributed by atoms with E-state index in [1.54, 1.807) is 36.3 Å². The molecule has 0 aliphatic carbocycles. The number of nitrogens with one attached hydrogen (secondary N) is 1. The van der Waals surface area contributed by atoms with Gasteiger partial charge in [0.05, 0.1) is 30.0 Å². The number of carbonyl (C=O) groups is 1. The molecule has 0 saturated heterocycles. The fourth-order valence-corrected chi connectivity index (χ4v) is 3.86. The van der Waals surface area contributed by atoms with Gasteiger partial charge in [0.1, 0.15) is 5.69 Å². The highest BCUT2D eigenvalue weighted by Crippen LogP contribution is 2.25. The Hall–Kier alpha value is -3.30. The minimum Gasteiger partial charge on any atom is -0.336 e. The zero-order valence-corrected chi connectivity index (χ0v) is 20.0. The van der Waals surface area contributed by atoms with Crippen LogP contribution < -0.4 is 5.32 Å². The van der Waals surface area contributed by atoms with Crippen LogP contribution in [0.1, 0.15) is 28.7 Å². The van der Waals surface area contributed by atoms with Gasteiger partial charge in [-0.15, -0.1) is 0 Å². The molecule has 0 saturated carbocycles. The average molecular weight is 467 g/mol. The number of aryl methyl sites for hydroxylation is 1. The molecule has 0 aliphatic rings. The van der Waals surface area contributed by atoms with Gasteiger partial charge in [-0.1, -0.05) is 11.6 Å². The Morgan fingerprint density at radius 1 is 1.21 bits per heavy atom. The number of nitrogens with zero attached hydrogens (tertiary/aromatic N) is 7. The van der Waals surface area contributed by atoms with Crippen LogP contribution in [0, 0.1) is 6.92 Å². The summed E-state index contributed by atoms with van der Waals surface area (Å²) < 4.78 is 3.74. The maximum absolute atomic E-state index is 13.5. The Balaban J connectivity index is 1.71. The Bertz CT molecular complexity index is 1300. The molecule has 0 fully saturated rings. The van der Waals surface area contributed by atoms with E-state index in [1.807, 2.05) is 42.7 Å². The number of aromatic nitrogens is 6. The van der Waals surface area contributed by atoms with E-state index < -0.39 is 0 Å². The second-order valence-electron chi connectivity index (χ2n) is 7.89. The van der Waals surface area contributed by atoms with E-state index in [4.69, 9.17) is 11.6 Å². The fourth-order valence-electron chi connectivity index (χ4n) is 3.69. The number of halogens is 1. The Morgan fingerprint density at radius 3 is 2.76 bits per heavy atom. The van der Waals surface area contributed by atoms with Crippen molar-refractivity contribution in [2.45, 2.75) is 33.5 Å². The van der Waals surface area contributed by atoms with Crippen LogP contribution in [-0.4, -0.2) is 61.0 Å². The molecule has 10 heteroatoms. The molecule has 3 heterocycles. The van der Waals surface area contributed by atoms with Crippen LogP contribution in [0.3, 0.4) is 0 Å². The third kappa shape index (κ3) is 4.74. The van der Waals surface area contributed by atoms with Gasteiger partial charge >= 0.3 is 0 Å². The van der Waals surface area contributed by atoms with E-state index in [0.717, 1.165) is 36.5 Å². The third-order valence-electron chi connectivity index (χ3n) is 5.60. The lowest BCUT2D eigenvalue weighted by Gasteiger charge is -2.18. The Labute approximate surface area is 197 Å². The summed E-state index contributed by atoms with van der Waals surface area (Å²) in [6, 6.07) is 5.30. The first-order valence-electron chi connectivity index (χ1n) is 10.8. The van der Waals surface area contributed by atoms with Crippen LogP contribution >= 0.6 is 11.6 Å². The third-order valence-corrected chi connectivity index (χ3v) is 5.84. The summed E-state index contributed by atoms with van der Waals surface area (Å²) >= 11 is 6.24. The van der Waals surface area contributed by atoms with Gasteiger partial charge in [-0.2, -0.15) is 10.2 Å². The predicted octanol–water partition coefficient (Wildman–Crippen LogP) is 3.16. The predicted molar refractivity (Wildman–Crippen MR) is 128 cm³/mol. The number of fused-ring (bicyclic) bond motifs is 1. The number of hydrogen-bond acceptors (Lipinski definition) is 6. The molecule has 0 unspecified atom stereocenters. The van der Waals surface area contributed by atoms with Crippen molar-refractivity contribution in [3.05, 3.63) is 58.8 Å². The molecule has 0 atom stereocenters. The van der Waals surface area contributed by atoms with Crippen LogP contribution in [0.25, 0.3) is 22.3 Å². The quantitative estimate of drug-likeness (QED) is 0.428. The first-order chi connectivity index (χ1) is 15.9. The SMILES string of the molecule is CCn1ncc(CN(C)C(=O)c2nc(-c3cnn(CCNC)c3)nc3ccc(Cl)cc23)c1C. The smallest absolute Gasteiger partial charge is 0.273 e. The molecule has 0 radical (unpaired) electrons. The maximum Gasteiger partial charge on any atom is 0.273 e. The van der Waals surface area contributed by atoms with Crippen LogP contribution in [0.2, 0.25) is 5.02 Å². The van der Waals surface area contributed by atoms with Gasteiger partial charge in [0.15, 0.2) is 5.82 Å². The summed E-state index contributed by atoms with van der Waals surface area (Å²) in [6.07, 6.45) is 5.41. The van der Waals surface area contributed by atoms with Crippen molar-refractivity contribution in [2.24, 2.45) is 0 Å². The van der Waals surface area contributed by atoms with Crippen molar-refractivity contribution in [3.63, 3.8) is 0 Å². The molecule has 9 nitrogen and oxygen atoms in total. The van der Waals surface area contributed by atoms with Crippen LogP contribution in [-0.2, 0) is 19.6 Å². The second kappa shape index (κ2) is 9.68. The number of hydrogen-bond donors (Lipinski definition) is 1. The number of rotatable bonds is 8. The molecule has 4 aromatic rings. The largest absolute Gasteiger partial charge is 0.336 e. The zero-order valence-electron chi connectivity index (χ0n) is 19.2. The van der Waals surface area contributed by atoms with Crippen molar-refractivity contribution < 1.29 is 4.79 Å². The molecule has 1 amide bonds. The monoisotopic (exact) mass is 466 g/mol. The highest BCUT2D eigenvalue weighted by molar-refractivity contribution is 6.31. The molecule has 172 valence electrons. The molecule has 0 aliphatic heterocycles. The Kier molecular flexibility index (Phi) is 6.71. The summed E-state index contributed by atoms with van der Waals surface area (Å²) in [4.78, 5) is 24.5. The number of benzene rings is 1. The summed E-state index contributed by atoms with van der Waals surface area (Å²) in [6.45, 7) is 6.77. The van der Waals surface area contributed by atoms with E-state index in [-0.39, 0.29) is 5.91 Å². The van der Waals surface area contributed by atoms with Crippen molar-refractivity contribution in [2.75, 3.05) is 20.6 Å². The minimum absolute atomic E-state index is 0.211. The van der Waals surface area contributed by atoms with Crippen molar-refractivity contribution in [1.29, 1.82) is 0 Å². The Morgan fingerprint density at radius 2 is 2.03 bits per heavy atom. The van der Waals surface area contributed by atoms with Gasteiger partial charge in [0.2, 0.25) is 0 Å². The van der Waals surface area contributed by atoms with E-state index in [2.05, 4.69) is 25.5 Å². The normalized spacial score (nSPS) is 11.3. The highest BCUT2D eigenvalue weighted by atomic mass is 35.5. The zero-order chi connectivity index (χ0) is 23.5. The van der Waals surface area contributed by atoms with E-state index >= 15 is 0 Å². The van der Waals surface area contributed by atoms with Crippen LogP contribution in [0.5, 0.6) is 0 Å². The topological polar surface area (TPSA) is 93.8 Å². The summed E-state index contributed by atoms with van der Waals surface area (Å²) in [5.74, 6) is 0.240. The molecule has 1 aromatic carbocycles. The molecular weight excluding hydrogens is 440 g/mol. The molecule has 0 bridgehead atoms.